The molecule has 11 heteroatoms. The zero-order valence-corrected chi connectivity index (χ0v) is 15.7. The van der Waals surface area contributed by atoms with Gasteiger partial charge in [0.1, 0.15) is 17.3 Å². The van der Waals surface area contributed by atoms with Gasteiger partial charge in [0.15, 0.2) is 0 Å². The zero-order valence-electron chi connectivity index (χ0n) is 15.0. The zero-order chi connectivity index (χ0) is 20.6. The molecule has 2 amide bonds. The molecule has 0 atom stereocenters. The Morgan fingerprint density at radius 2 is 1.93 bits per heavy atom. The Labute approximate surface area is 168 Å². The van der Waals surface area contributed by atoms with Crippen molar-refractivity contribution in [3.8, 4) is 0 Å². The number of aromatic amines is 1. The first-order valence-corrected chi connectivity index (χ1v) is 9.17. The molecule has 1 aliphatic rings. The predicted molar refractivity (Wildman–Crippen MR) is 104 cm³/mol. The molecule has 4 rings (SSSR count). The van der Waals surface area contributed by atoms with E-state index >= 15 is 0 Å². The number of fused-ring (bicyclic) bond motifs is 1. The van der Waals surface area contributed by atoms with Gasteiger partial charge in [-0.15, -0.1) is 0 Å². The molecule has 3 N–H and O–H groups in total. The van der Waals surface area contributed by atoms with Crippen LogP contribution in [0.1, 0.15) is 12.8 Å². The standard InChI is InChI=1S/C18H16ClF3N6O/c19-13-6-11(8-25-16(13)28-3-1-18(21,22)2-4-28)26-17(29)27-14-9-24-15-12(14)5-10(20)7-23-15/h5-9H,1-4H2,(H,23,24)(H2,26,27,29). The van der Waals surface area contributed by atoms with Crippen LogP contribution in [0.15, 0.2) is 30.7 Å². The molecule has 0 spiro atoms. The number of amides is 2. The van der Waals surface area contributed by atoms with Crippen LogP contribution in [0.3, 0.4) is 0 Å². The van der Waals surface area contributed by atoms with Gasteiger partial charge in [0.25, 0.3) is 5.92 Å². The minimum absolute atomic E-state index is 0.151. The van der Waals surface area contributed by atoms with Gasteiger partial charge in [0, 0.05) is 37.5 Å². The van der Waals surface area contributed by atoms with E-state index in [1.54, 1.807) is 4.90 Å². The SMILES string of the molecule is O=C(Nc1cnc(N2CCC(F)(F)CC2)c(Cl)c1)Nc1c[nH]c2ncc(F)cc12. The van der Waals surface area contributed by atoms with Crippen LogP contribution in [0.4, 0.5) is 35.2 Å². The first-order valence-electron chi connectivity index (χ1n) is 8.80. The highest BCUT2D eigenvalue weighted by Crippen LogP contribution is 2.33. The molecule has 4 heterocycles. The van der Waals surface area contributed by atoms with E-state index in [-0.39, 0.29) is 31.0 Å². The summed E-state index contributed by atoms with van der Waals surface area (Å²) in [5, 5.41) is 5.84. The van der Waals surface area contributed by atoms with Crippen molar-refractivity contribution in [1.82, 2.24) is 15.0 Å². The highest BCUT2D eigenvalue weighted by molar-refractivity contribution is 6.33. The molecule has 0 radical (unpaired) electrons. The van der Waals surface area contributed by atoms with Crippen molar-refractivity contribution in [2.75, 3.05) is 28.6 Å². The number of alkyl halides is 2. The largest absolute Gasteiger partial charge is 0.355 e. The van der Waals surface area contributed by atoms with E-state index in [2.05, 4.69) is 25.6 Å². The Morgan fingerprint density at radius 3 is 2.66 bits per heavy atom. The van der Waals surface area contributed by atoms with E-state index in [0.717, 1.165) is 6.20 Å². The van der Waals surface area contributed by atoms with E-state index < -0.39 is 17.8 Å². The van der Waals surface area contributed by atoms with Crippen LogP contribution in [0.25, 0.3) is 11.0 Å². The van der Waals surface area contributed by atoms with E-state index in [9.17, 15) is 18.0 Å². The first-order chi connectivity index (χ1) is 13.8. The Balaban J connectivity index is 1.43. The second-order valence-electron chi connectivity index (χ2n) is 6.70. The number of piperidine rings is 1. The van der Waals surface area contributed by atoms with Crippen LogP contribution in [-0.4, -0.2) is 40.0 Å². The lowest BCUT2D eigenvalue weighted by molar-refractivity contribution is -0.0221. The summed E-state index contributed by atoms with van der Waals surface area (Å²) in [6, 6.07) is 2.16. The summed E-state index contributed by atoms with van der Waals surface area (Å²) in [7, 11) is 0. The molecule has 1 fully saturated rings. The monoisotopic (exact) mass is 424 g/mol. The Morgan fingerprint density at radius 1 is 1.17 bits per heavy atom. The van der Waals surface area contributed by atoms with E-state index in [1.807, 2.05) is 0 Å². The predicted octanol–water partition coefficient (Wildman–Crippen LogP) is 4.63. The highest BCUT2D eigenvalue weighted by Gasteiger charge is 2.34. The van der Waals surface area contributed by atoms with Crippen molar-refractivity contribution < 1.29 is 18.0 Å². The van der Waals surface area contributed by atoms with Crippen molar-refractivity contribution in [3.63, 3.8) is 0 Å². The normalized spacial score (nSPS) is 16.1. The summed E-state index contributed by atoms with van der Waals surface area (Å²) in [5.41, 5.74) is 1.11. The van der Waals surface area contributed by atoms with Crippen LogP contribution >= 0.6 is 11.6 Å². The number of nitrogens with zero attached hydrogens (tertiary/aromatic N) is 3. The van der Waals surface area contributed by atoms with Gasteiger partial charge < -0.3 is 20.5 Å². The first kappa shape index (κ1) is 19.3. The topological polar surface area (TPSA) is 85.9 Å². The van der Waals surface area contributed by atoms with Crippen LogP contribution in [0.2, 0.25) is 5.02 Å². The summed E-state index contributed by atoms with van der Waals surface area (Å²) in [6.07, 6.45) is 3.45. The maximum absolute atomic E-state index is 13.4. The number of aromatic nitrogens is 3. The number of pyridine rings is 2. The van der Waals surface area contributed by atoms with E-state index in [4.69, 9.17) is 11.6 Å². The van der Waals surface area contributed by atoms with Gasteiger partial charge in [-0.3, -0.25) is 0 Å². The molecule has 0 aromatic carbocycles. The Bertz CT molecular complexity index is 1060. The number of rotatable bonds is 3. The number of nitrogens with one attached hydrogen (secondary N) is 3. The van der Waals surface area contributed by atoms with Gasteiger partial charge >= 0.3 is 6.03 Å². The minimum Gasteiger partial charge on any atom is -0.355 e. The summed E-state index contributed by atoms with van der Waals surface area (Å²) in [5.74, 6) is -2.79. The van der Waals surface area contributed by atoms with Gasteiger partial charge in [0.2, 0.25) is 0 Å². The van der Waals surface area contributed by atoms with Gasteiger partial charge in [-0.05, 0) is 12.1 Å². The average Bonchev–Trinajstić information content (AvgIpc) is 3.04. The Hall–Kier alpha value is -3.01. The molecular formula is C18H16ClF3N6O. The van der Waals surface area contributed by atoms with E-state index in [1.165, 1.54) is 24.5 Å². The molecule has 0 aliphatic carbocycles. The molecular weight excluding hydrogens is 409 g/mol. The summed E-state index contributed by atoms with van der Waals surface area (Å²) >= 11 is 6.24. The fraction of sp³-hybridized carbons (Fsp3) is 0.278. The fourth-order valence-corrected chi connectivity index (χ4v) is 3.43. The van der Waals surface area contributed by atoms with Crippen LogP contribution in [0.5, 0.6) is 0 Å². The number of carbonyl (C=O) groups is 1. The lowest BCUT2D eigenvalue weighted by Crippen LogP contribution is -2.39. The molecule has 0 unspecified atom stereocenters. The number of halogens is 4. The number of hydrogen-bond acceptors (Lipinski definition) is 4. The Kier molecular flexibility index (Phi) is 4.95. The van der Waals surface area contributed by atoms with Crippen LogP contribution in [0, 0.1) is 5.82 Å². The maximum atomic E-state index is 13.4. The minimum atomic E-state index is -2.66. The van der Waals surface area contributed by atoms with Crippen molar-refractivity contribution in [2.45, 2.75) is 18.8 Å². The van der Waals surface area contributed by atoms with Gasteiger partial charge in [-0.1, -0.05) is 11.6 Å². The molecule has 152 valence electrons. The quantitative estimate of drug-likeness (QED) is 0.572. The number of carbonyl (C=O) groups excluding carboxylic acids is 1. The van der Waals surface area contributed by atoms with Gasteiger partial charge in [0.05, 0.1) is 28.8 Å². The smallest absolute Gasteiger partial charge is 0.323 e. The number of hydrogen-bond donors (Lipinski definition) is 3. The third kappa shape index (κ3) is 4.21. The molecule has 0 bridgehead atoms. The number of urea groups is 1. The van der Waals surface area contributed by atoms with Crippen molar-refractivity contribution in [3.05, 3.63) is 41.6 Å². The van der Waals surface area contributed by atoms with Crippen LogP contribution < -0.4 is 15.5 Å². The molecule has 3 aromatic heterocycles. The second-order valence-corrected chi connectivity index (χ2v) is 7.11. The highest BCUT2D eigenvalue weighted by atomic mass is 35.5. The summed E-state index contributed by atoms with van der Waals surface area (Å²) < 4.78 is 40.0. The van der Waals surface area contributed by atoms with Crippen molar-refractivity contribution in [2.24, 2.45) is 0 Å². The van der Waals surface area contributed by atoms with Crippen molar-refractivity contribution >= 4 is 45.9 Å². The maximum Gasteiger partial charge on any atom is 0.323 e. The van der Waals surface area contributed by atoms with E-state index in [0.29, 0.717) is 28.2 Å². The average molecular weight is 425 g/mol. The molecule has 7 nitrogen and oxygen atoms in total. The molecule has 1 aliphatic heterocycles. The molecule has 0 saturated carbocycles. The number of anilines is 3. The third-order valence-electron chi connectivity index (χ3n) is 4.62. The molecule has 3 aromatic rings. The lowest BCUT2D eigenvalue weighted by atomic mass is 10.1. The van der Waals surface area contributed by atoms with Gasteiger partial charge in [-0.2, -0.15) is 0 Å². The molecule has 29 heavy (non-hydrogen) atoms. The summed E-state index contributed by atoms with van der Waals surface area (Å²) in [6.45, 7) is 0.302. The van der Waals surface area contributed by atoms with Crippen LogP contribution in [-0.2, 0) is 0 Å². The van der Waals surface area contributed by atoms with Gasteiger partial charge in [-0.25, -0.2) is 27.9 Å². The fourth-order valence-electron chi connectivity index (χ4n) is 3.14. The number of H-pyrrole nitrogens is 1. The summed E-state index contributed by atoms with van der Waals surface area (Å²) in [4.78, 5) is 24.9. The van der Waals surface area contributed by atoms with Crippen molar-refractivity contribution in [1.29, 1.82) is 0 Å². The molecule has 1 saturated heterocycles. The third-order valence-corrected chi connectivity index (χ3v) is 4.90. The lowest BCUT2D eigenvalue weighted by Gasteiger charge is -2.33. The second kappa shape index (κ2) is 7.43.